The molecule has 3 nitrogen and oxygen atoms in total. The molecule has 7 heteroatoms. The molecule has 1 heterocycles. The number of alkyl halides is 3. The van der Waals surface area contributed by atoms with Crippen LogP contribution in [0.15, 0.2) is 0 Å². The van der Waals surface area contributed by atoms with E-state index in [0.29, 0.717) is 16.8 Å². The Morgan fingerprint density at radius 2 is 1.88 bits per heavy atom. The highest BCUT2D eigenvalue weighted by Gasteiger charge is 2.37. The first-order chi connectivity index (χ1) is 7.23. The van der Waals surface area contributed by atoms with Crippen molar-refractivity contribution >= 4 is 11.6 Å². The lowest BCUT2D eigenvalue weighted by Crippen LogP contribution is -2.39. The number of hydrogen-bond donors (Lipinski definition) is 1. The van der Waals surface area contributed by atoms with Gasteiger partial charge in [-0.25, -0.2) is 0 Å². The van der Waals surface area contributed by atoms with Crippen molar-refractivity contribution in [2.24, 2.45) is 5.73 Å². The SMILES string of the molecule is Cc1nnc(Cl)c(CC(N)C(F)(F)F)c1C. The fourth-order valence-corrected chi connectivity index (χ4v) is 1.46. The van der Waals surface area contributed by atoms with Gasteiger partial charge in [0.1, 0.15) is 6.04 Å². The highest BCUT2D eigenvalue weighted by Crippen LogP contribution is 2.26. The van der Waals surface area contributed by atoms with Crippen LogP contribution in [0.4, 0.5) is 13.2 Å². The predicted octanol–water partition coefficient (Wildman–Crippen LogP) is 2.18. The van der Waals surface area contributed by atoms with Crippen molar-refractivity contribution in [3.63, 3.8) is 0 Å². The maximum Gasteiger partial charge on any atom is 0.403 e. The van der Waals surface area contributed by atoms with Gasteiger partial charge in [0.05, 0.1) is 5.69 Å². The Labute approximate surface area is 95.8 Å². The number of nitrogens with two attached hydrogens (primary N) is 1. The minimum absolute atomic E-state index is 0.0252. The van der Waals surface area contributed by atoms with Gasteiger partial charge >= 0.3 is 6.18 Å². The van der Waals surface area contributed by atoms with Crippen LogP contribution in [-0.4, -0.2) is 22.4 Å². The van der Waals surface area contributed by atoms with Gasteiger partial charge in [-0.1, -0.05) is 11.6 Å². The Morgan fingerprint density at radius 3 is 2.38 bits per heavy atom. The minimum atomic E-state index is -4.44. The molecule has 0 aliphatic heterocycles. The normalized spacial score (nSPS) is 13.9. The van der Waals surface area contributed by atoms with Gasteiger partial charge in [0.25, 0.3) is 0 Å². The van der Waals surface area contributed by atoms with Crippen LogP contribution in [0.2, 0.25) is 5.15 Å². The zero-order chi connectivity index (χ0) is 12.5. The molecule has 0 spiro atoms. The molecule has 2 N–H and O–H groups in total. The summed E-state index contributed by atoms with van der Waals surface area (Å²) in [5, 5.41) is 7.25. The summed E-state index contributed by atoms with van der Waals surface area (Å²) in [6.07, 6.45) is -4.82. The van der Waals surface area contributed by atoms with Crippen LogP contribution in [0.5, 0.6) is 0 Å². The van der Waals surface area contributed by atoms with Gasteiger partial charge < -0.3 is 5.73 Å². The van der Waals surface area contributed by atoms with E-state index in [1.807, 2.05) is 0 Å². The molecule has 16 heavy (non-hydrogen) atoms. The summed E-state index contributed by atoms with van der Waals surface area (Å²) in [4.78, 5) is 0. The number of nitrogens with zero attached hydrogens (tertiary/aromatic N) is 2. The van der Waals surface area contributed by atoms with Crippen LogP contribution in [-0.2, 0) is 6.42 Å². The molecule has 0 aliphatic rings. The highest BCUT2D eigenvalue weighted by atomic mass is 35.5. The first kappa shape index (κ1) is 13.2. The Kier molecular flexibility index (Phi) is 3.75. The van der Waals surface area contributed by atoms with Crippen molar-refractivity contribution in [3.8, 4) is 0 Å². The Morgan fingerprint density at radius 1 is 1.31 bits per heavy atom. The van der Waals surface area contributed by atoms with Gasteiger partial charge in [0.2, 0.25) is 0 Å². The summed E-state index contributed by atoms with van der Waals surface area (Å²) in [5.41, 5.74) is 6.49. The largest absolute Gasteiger partial charge is 0.403 e. The van der Waals surface area contributed by atoms with Crippen molar-refractivity contribution in [1.29, 1.82) is 0 Å². The zero-order valence-corrected chi connectivity index (χ0v) is 9.52. The van der Waals surface area contributed by atoms with E-state index in [1.54, 1.807) is 13.8 Å². The third-order valence-corrected chi connectivity index (χ3v) is 2.68. The molecule has 1 unspecified atom stereocenters. The van der Waals surface area contributed by atoms with Crippen molar-refractivity contribution in [2.75, 3.05) is 0 Å². The van der Waals surface area contributed by atoms with Gasteiger partial charge in [0.15, 0.2) is 5.15 Å². The van der Waals surface area contributed by atoms with E-state index in [-0.39, 0.29) is 11.6 Å². The third kappa shape index (κ3) is 2.82. The first-order valence-electron chi connectivity index (χ1n) is 4.54. The molecule has 1 aromatic rings. The quantitative estimate of drug-likeness (QED) is 0.879. The van der Waals surface area contributed by atoms with Crippen molar-refractivity contribution in [2.45, 2.75) is 32.5 Å². The maximum absolute atomic E-state index is 12.3. The standard InChI is InChI=1S/C9H11ClF3N3/c1-4-5(2)15-16-8(10)6(4)3-7(14)9(11,12)13/h7H,3,14H2,1-2H3. The monoisotopic (exact) mass is 253 g/mol. The Balaban J connectivity index is 3.02. The molecule has 0 amide bonds. The molecule has 1 atom stereocenters. The molecule has 0 saturated heterocycles. The van der Waals surface area contributed by atoms with Crippen molar-refractivity contribution < 1.29 is 13.2 Å². The summed E-state index contributed by atoms with van der Waals surface area (Å²) in [7, 11) is 0. The van der Waals surface area contributed by atoms with Gasteiger partial charge in [-0.3, -0.25) is 0 Å². The second-order valence-electron chi connectivity index (χ2n) is 3.53. The van der Waals surface area contributed by atoms with Crippen molar-refractivity contribution in [1.82, 2.24) is 10.2 Å². The Bertz CT molecular complexity index is 392. The van der Waals surface area contributed by atoms with Gasteiger partial charge in [-0.05, 0) is 31.4 Å². The number of hydrogen-bond acceptors (Lipinski definition) is 3. The van der Waals surface area contributed by atoms with E-state index in [4.69, 9.17) is 17.3 Å². The average molecular weight is 254 g/mol. The molecule has 0 fully saturated rings. The van der Waals surface area contributed by atoms with Crippen LogP contribution < -0.4 is 5.73 Å². The average Bonchev–Trinajstić information content (AvgIpc) is 2.17. The van der Waals surface area contributed by atoms with E-state index >= 15 is 0 Å². The fraction of sp³-hybridized carbons (Fsp3) is 0.556. The van der Waals surface area contributed by atoms with Gasteiger partial charge in [-0.2, -0.15) is 18.3 Å². The van der Waals surface area contributed by atoms with E-state index in [0.717, 1.165) is 0 Å². The van der Waals surface area contributed by atoms with Crippen LogP contribution in [0, 0.1) is 13.8 Å². The summed E-state index contributed by atoms with van der Waals surface area (Å²) < 4.78 is 36.9. The molecule has 0 aromatic carbocycles. The van der Waals surface area contributed by atoms with Crippen LogP contribution in [0.25, 0.3) is 0 Å². The maximum atomic E-state index is 12.3. The summed E-state index contributed by atoms with van der Waals surface area (Å²) >= 11 is 5.70. The van der Waals surface area contributed by atoms with E-state index < -0.39 is 12.2 Å². The summed E-state index contributed by atoms with van der Waals surface area (Å²) in [6.45, 7) is 3.30. The molecule has 1 aromatic heterocycles. The molecule has 0 saturated carbocycles. The van der Waals surface area contributed by atoms with Crippen molar-refractivity contribution in [3.05, 3.63) is 22.0 Å². The lowest BCUT2D eigenvalue weighted by molar-refractivity contribution is -0.147. The molecule has 0 aliphatic carbocycles. The van der Waals surface area contributed by atoms with E-state index in [2.05, 4.69) is 10.2 Å². The lowest BCUT2D eigenvalue weighted by atomic mass is 10.0. The van der Waals surface area contributed by atoms with E-state index in [1.165, 1.54) is 0 Å². The van der Waals surface area contributed by atoms with Crippen LogP contribution in [0.1, 0.15) is 16.8 Å². The van der Waals surface area contributed by atoms with Gasteiger partial charge in [-0.15, -0.1) is 5.10 Å². The summed E-state index contributed by atoms with van der Waals surface area (Å²) in [5.74, 6) is 0. The first-order valence-corrected chi connectivity index (χ1v) is 4.91. The van der Waals surface area contributed by atoms with Crippen LogP contribution >= 0.6 is 11.6 Å². The molecular weight excluding hydrogens is 243 g/mol. The zero-order valence-electron chi connectivity index (χ0n) is 8.77. The molecular formula is C9H11ClF3N3. The second-order valence-corrected chi connectivity index (χ2v) is 3.89. The Hall–Kier alpha value is -0.880. The predicted molar refractivity (Wildman–Crippen MR) is 54.3 cm³/mol. The summed E-state index contributed by atoms with van der Waals surface area (Å²) in [6, 6.07) is -1.94. The molecule has 0 radical (unpaired) electrons. The van der Waals surface area contributed by atoms with Crippen LogP contribution in [0.3, 0.4) is 0 Å². The smallest absolute Gasteiger partial charge is 0.320 e. The molecule has 90 valence electrons. The molecule has 1 rings (SSSR count). The third-order valence-electron chi connectivity index (χ3n) is 2.38. The second kappa shape index (κ2) is 4.55. The minimum Gasteiger partial charge on any atom is -0.320 e. The number of aryl methyl sites for hydroxylation is 1. The number of halogens is 4. The topological polar surface area (TPSA) is 51.8 Å². The number of aromatic nitrogens is 2. The van der Waals surface area contributed by atoms with E-state index in [9.17, 15) is 13.2 Å². The number of rotatable bonds is 2. The fourth-order valence-electron chi connectivity index (χ4n) is 1.20. The molecule has 0 bridgehead atoms. The lowest BCUT2D eigenvalue weighted by Gasteiger charge is -2.17. The highest BCUT2D eigenvalue weighted by molar-refractivity contribution is 6.30. The van der Waals surface area contributed by atoms with Gasteiger partial charge in [0, 0.05) is 0 Å².